The van der Waals surface area contributed by atoms with Crippen LogP contribution >= 0.6 is 15.9 Å². The highest BCUT2D eigenvalue weighted by molar-refractivity contribution is 9.11. The summed E-state index contributed by atoms with van der Waals surface area (Å²) in [6.07, 6.45) is 3.99. The number of nitrogens with zero attached hydrogens (tertiary/aromatic N) is 2. The summed E-state index contributed by atoms with van der Waals surface area (Å²) in [6.45, 7) is 5.46. The van der Waals surface area contributed by atoms with Crippen molar-refractivity contribution in [2.75, 3.05) is 0 Å². The van der Waals surface area contributed by atoms with Crippen LogP contribution in [0.4, 0.5) is 4.79 Å². The van der Waals surface area contributed by atoms with Crippen molar-refractivity contribution < 1.29 is 9.53 Å². The molecule has 2 N–H and O–H groups in total. The molecule has 98 valence electrons. The standard InChI is InChI=1S/C12H16BrN3O2/c1-12(2,3)18-11(17)16-9-6-7(13)4-5-8(9)10(14)15-16/h4-5,9H,6H2,1-3H3,(H2,14,15). The van der Waals surface area contributed by atoms with Crippen LogP contribution in [0.15, 0.2) is 27.3 Å². The number of carbonyl (C=O) groups excluding carboxylic acids is 1. The van der Waals surface area contributed by atoms with Gasteiger partial charge in [0.05, 0.1) is 6.04 Å². The van der Waals surface area contributed by atoms with Crippen LogP contribution in [0, 0.1) is 0 Å². The van der Waals surface area contributed by atoms with Gasteiger partial charge in [-0.05, 0) is 25.3 Å². The molecule has 1 unspecified atom stereocenters. The van der Waals surface area contributed by atoms with Crippen LogP contribution in [0.1, 0.15) is 27.2 Å². The van der Waals surface area contributed by atoms with Gasteiger partial charge in [-0.3, -0.25) is 0 Å². The van der Waals surface area contributed by atoms with Crippen molar-refractivity contribution in [1.82, 2.24) is 5.01 Å². The van der Waals surface area contributed by atoms with E-state index in [0.29, 0.717) is 12.3 Å². The smallest absolute Gasteiger partial charge is 0.431 e. The molecule has 1 amide bonds. The number of amides is 1. The Morgan fingerprint density at radius 3 is 2.83 bits per heavy atom. The first kappa shape index (κ1) is 13.1. The molecule has 1 aliphatic heterocycles. The molecule has 0 aromatic carbocycles. The van der Waals surface area contributed by atoms with E-state index < -0.39 is 11.7 Å². The van der Waals surface area contributed by atoms with Gasteiger partial charge in [-0.1, -0.05) is 28.1 Å². The monoisotopic (exact) mass is 313 g/mol. The quantitative estimate of drug-likeness (QED) is 0.747. The van der Waals surface area contributed by atoms with Crippen molar-refractivity contribution in [2.24, 2.45) is 10.8 Å². The molecule has 0 spiro atoms. The van der Waals surface area contributed by atoms with E-state index in [0.717, 1.165) is 10.1 Å². The molecular weight excluding hydrogens is 298 g/mol. The number of amidine groups is 1. The molecule has 2 aliphatic rings. The molecule has 1 atom stereocenters. The first-order valence-corrected chi connectivity index (χ1v) is 6.50. The molecule has 1 heterocycles. The Labute approximate surface area is 114 Å². The van der Waals surface area contributed by atoms with Crippen molar-refractivity contribution in [1.29, 1.82) is 0 Å². The number of fused-ring (bicyclic) bond motifs is 1. The minimum atomic E-state index is -0.546. The molecule has 0 fully saturated rings. The third-order valence-electron chi connectivity index (χ3n) is 2.58. The number of nitrogens with two attached hydrogens (primary N) is 1. The van der Waals surface area contributed by atoms with Crippen LogP contribution in [0.5, 0.6) is 0 Å². The van der Waals surface area contributed by atoms with Crippen molar-refractivity contribution in [3.05, 3.63) is 22.2 Å². The average molecular weight is 314 g/mol. The molecule has 0 radical (unpaired) electrons. The minimum Gasteiger partial charge on any atom is -0.442 e. The van der Waals surface area contributed by atoms with Crippen molar-refractivity contribution in [3.8, 4) is 0 Å². The number of hydrogen-bond donors (Lipinski definition) is 1. The fourth-order valence-corrected chi connectivity index (χ4v) is 2.29. The molecule has 0 saturated carbocycles. The van der Waals surface area contributed by atoms with Gasteiger partial charge in [0.15, 0.2) is 0 Å². The van der Waals surface area contributed by atoms with Gasteiger partial charge >= 0.3 is 6.09 Å². The Kier molecular flexibility index (Phi) is 3.23. The number of halogens is 1. The lowest BCUT2D eigenvalue weighted by molar-refractivity contribution is 0.0217. The van der Waals surface area contributed by atoms with Gasteiger partial charge in [0.25, 0.3) is 0 Å². The third kappa shape index (κ3) is 2.58. The van der Waals surface area contributed by atoms with E-state index >= 15 is 0 Å². The Hall–Kier alpha value is -1.30. The van der Waals surface area contributed by atoms with Crippen LogP contribution in [0.3, 0.4) is 0 Å². The van der Waals surface area contributed by atoms with Crippen LogP contribution in [-0.2, 0) is 4.74 Å². The molecule has 0 aromatic rings. The lowest BCUT2D eigenvalue weighted by Gasteiger charge is -2.27. The van der Waals surface area contributed by atoms with E-state index in [-0.39, 0.29) is 6.04 Å². The zero-order valence-corrected chi connectivity index (χ0v) is 12.2. The predicted octanol–water partition coefficient (Wildman–Crippen LogP) is 2.49. The van der Waals surface area contributed by atoms with Crippen LogP contribution in [0.25, 0.3) is 0 Å². The van der Waals surface area contributed by atoms with E-state index in [1.807, 2.05) is 32.9 Å². The predicted molar refractivity (Wildman–Crippen MR) is 73.2 cm³/mol. The maximum atomic E-state index is 12.0. The van der Waals surface area contributed by atoms with E-state index in [1.54, 1.807) is 0 Å². The SMILES string of the molecule is CC(C)(C)OC(=O)N1N=C(N)C2=CC=C(Br)CC21. The zero-order chi connectivity index (χ0) is 13.5. The molecule has 2 rings (SSSR count). The second kappa shape index (κ2) is 4.42. The molecule has 0 saturated heterocycles. The van der Waals surface area contributed by atoms with Crippen molar-refractivity contribution in [2.45, 2.75) is 38.8 Å². The zero-order valence-electron chi connectivity index (χ0n) is 10.6. The largest absolute Gasteiger partial charge is 0.442 e. The van der Waals surface area contributed by atoms with E-state index in [4.69, 9.17) is 10.5 Å². The third-order valence-corrected chi connectivity index (χ3v) is 3.17. The molecule has 0 aromatic heterocycles. The number of hydrazone groups is 1. The molecule has 18 heavy (non-hydrogen) atoms. The van der Waals surface area contributed by atoms with Gasteiger partial charge in [0, 0.05) is 12.0 Å². The Bertz CT molecular complexity index is 474. The highest BCUT2D eigenvalue weighted by Gasteiger charge is 2.38. The molecular formula is C12H16BrN3O2. The number of carbonyl (C=O) groups is 1. The Balaban J connectivity index is 2.20. The number of allylic oxidation sites excluding steroid dienone is 2. The average Bonchev–Trinajstić information content (AvgIpc) is 2.53. The Morgan fingerprint density at radius 2 is 2.22 bits per heavy atom. The van der Waals surface area contributed by atoms with Gasteiger partial charge in [0.2, 0.25) is 0 Å². The fraction of sp³-hybridized carbons (Fsp3) is 0.500. The molecule has 5 nitrogen and oxygen atoms in total. The second-order valence-electron chi connectivity index (χ2n) is 5.27. The van der Waals surface area contributed by atoms with E-state index in [1.165, 1.54) is 5.01 Å². The first-order valence-electron chi connectivity index (χ1n) is 5.71. The summed E-state index contributed by atoms with van der Waals surface area (Å²) in [7, 11) is 0. The second-order valence-corrected chi connectivity index (χ2v) is 6.28. The summed E-state index contributed by atoms with van der Waals surface area (Å²) < 4.78 is 6.33. The highest BCUT2D eigenvalue weighted by Crippen LogP contribution is 2.32. The maximum Gasteiger partial charge on any atom is 0.431 e. The highest BCUT2D eigenvalue weighted by atomic mass is 79.9. The summed E-state index contributed by atoms with van der Waals surface area (Å²) >= 11 is 3.43. The normalized spacial score (nSPS) is 23.0. The maximum absolute atomic E-state index is 12.0. The molecule has 0 bridgehead atoms. The van der Waals surface area contributed by atoms with E-state index in [9.17, 15) is 4.79 Å². The summed E-state index contributed by atoms with van der Waals surface area (Å²) in [6, 6.07) is -0.167. The number of rotatable bonds is 0. The summed E-state index contributed by atoms with van der Waals surface area (Å²) in [5.41, 5.74) is 6.13. The molecule has 6 heteroatoms. The number of hydrogen-bond acceptors (Lipinski definition) is 4. The van der Waals surface area contributed by atoms with Gasteiger partial charge in [-0.25, -0.2) is 4.79 Å². The summed E-state index contributed by atoms with van der Waals surface area (Å²) in [5.74, 6) is 0.377. The van der Waals surface area contributed by atoms with Gasteiger partial charge in [0.1, 0.15) is 11.4 Å². The van der Waals surface area contributed by atoms with Gasteiger partial charge in [-0.2, -0.15) is 5.01 Å². The van der Waals surface area contributed by atoms with Crippen LogP contribution in [-0.4, -0.2) is 28.6 Å². The topological polar surface area (TPSA) is 67.9 Å². The molecule has 1 aliphatic carbocycles. The van der Waals surface area contributed by atoms with Crippen molar-refractivity contribution >= 4 is 27.9 Å². The Morgan fingerprint density at radius 1 is 1.56 bits per heavy atom. The fourth-order valence-electron chi connectivity index (χ4n) is 1.85. The van der Waals surface area contributed by atoms with Crippen LogP contribution < -0.4 is 5.73 Å². The lowest BCUT2D eigenvalue weighted by atomic mass is 9.99. The lowest BCUT2D eigenvalue weighted by Crippen LogP contribution is -2.38. The summed E-state index contributed by atoms with van der Waals surface area (Å²) in [5, 5.41) is 5.40. The van der Waals surface area contributed by atoms with E-state index in [2.05, 4.69) is 21.0 Å². The van der Waals surface area contributed by atoms with Crippen molar-refractivity contribution in [3.63, 3.8) is 0 Å². The minimum absolute atomic E-state index is 0.167. The number of ether oxygens (including phenoxy) is 1. The summed E-state index contributed by atoms with van der Waals surface area (Å²) in [4.78, 5) is 12.0. The van der Waals surface area contributed by atoms with Gasteiger partial charge < -0.3 is 10.5 Å². The van der Waals surface area contributed by atoms with Gasteiger partial charge in [-0.15, -0.1) is 5.10 Å². The first-order chi connectivity index (χ1) is 8.28. The van der Waals surface area contributed by atoms with Crippen LogP contribution in [0.2, 0.25) is 0 Å².